The van der Waals surface area contributed by atoms with Gasteiger partial charge in [-0.05, 0) is 65.8 Å². The molecule has 0 N–H and O–H groups in total. The highest BCUT2D eigenvalue weighted by Crippen LogP contribution is 2.62. The van der Waals surface area contributed by atoms with Gasteiger partial charge < -0.3 is 9.47 Å². The highest BCUT2D eigenvalue weighted by atomic mass is 16.5. The van der Waals surface area contributed by atoms with Crippen LogP contribution in [-0.4, -0.2) is 20.0 Å². The molecule has 2 saturated carbocycles. The summed E-state index contributed by atoms with van der Waals surface area (Å²) >= 11 is 0. The van der Waals surface area contributed by atoms with Gasteiger partial charge in [0.1, 0.15) is 11.5 Å². The molecule has 5 rings (SSSR count). The second-order valence-corrected chi connectivity index (χ2v) is 8.01. The zero-order chi connectivity index (χ0) is 18.5. The molecule has 0 aromatic heterocycles. The molecule has 27 heavy (non-hydrogen) atoms. The fraction of sp³-hybridized carbons (Fsp3) is 0.375. The second-order valence-electron chi connectivity index (χ2n) is 8.01. The van der Waals surface area contributed by atoms with Crippen molar-refractivity contribution < 1.29 is 14.3 Å². The van der Waals surface area contributed by atoms with Crippen molar-refractivity contribution in [1.82, 2.24) is 0 Å². The number of carbonyl (C=O) groups is 1. The average molecular weight is 360 g/mol. The lowest BCUT2D eigenvalue weighted by molar-refractivity contribution is -0.118. The Morgan fingerprint density at radius 1 is 0.815 bits per heavy atom. The third kappa shape index (κ3) is 2.44. The molecule has 0 heterocycles. The van der Waals surface area contributed by atoms with E-state index in [0.29, 0.717) is 23.5 Å². The molecule has 0 spiro atoms. The number of ketones is 1. The Balaban J connectivity index is 1.74. The quantitative estimate of drug-likeness (QED) is 0.781. The number of Topliss-reactive ketones (excluding diaryl/α,β-unsaturated/α-hetero) is 1. The number of hydrogen-bond acceptors (Lipinski definition) is 3. The van der Waals surface area contributed by atoms with E-state index in [1.807, 2.05) is 24.3 Å². The largest absolute Gasteiger partial charge is 0.497 e. The van der Waals surface area contributed by atoms with E-state index in [-0.39, 0.29) is 5.92 Å². The maximum atomic E-state index is 13.6. The summed E-state index contributed by atoms with van der Waals surface area (Å²) in [4.78, 5) is 13.6. The molecule has 0 saturated heterocycles. The fourth-order valence-electron chi connectivity index (χ4n) is 5.75. The highest BCUT2D eigenvalue weighted by Gasteiger charge is 2.57. The van der Waals surface area contributed by atoms with Crippen LogP contribution in [0.3, 0.4) is 0 Å². The van der Waals surface area contributed by atoms with E-state index in [1.165, 1.54) is 30.4 Å². The molecule has 2 unspecified atom stereocenters. The second kappa shape index (κ2) is 6.26. The smallest absolute Gasteiger partial charge is 0.167 e. The fourth-order valence-corrected chi connectivity index (χ4v) is 5.75. The summed E-state index contributed by atoms with van der Waals surface area (Å²) in [5.41, 5.74) is 4.23. The van der Waals surface area contributed by atoms with Crippen LogP contribution < -0.4 is 9.47 Å². The highest BCUT2D eigenvalue weighted by molar-refractivity contribution is 6.33. The van der Waals surface area contributed by atoms with Gasteiger partial charge in [0.15, 0.2) is 5.78 Å². The third-order valence-electron chi connectivity index (χ3n) is 6.79. The van der Waals surface area contributed by atoms with Crippen molar-refractivity contribution in [1.29, 1.82) is 0 Å². The molecule has 3 heteroatoms. The van der Waals surface area contributed by atoms with Gasteiger partial charge in [0.05, 0.1) is 14.2 Å². The van der Waals surface area contributed by atoms with Gasteiger partial charge in [0.25, 0.3) is 0 Å². The summed E-state index contributed by atoms with van der Waals surface area (Å²) in [6.45, 7) is 0. The normalized spacial score (nSPS) is 28.6. The van der Waals surface area contributed by atoms with Crippen molar-refractivity contribution in [2.75, 3.05) is 14.2 Å². The lowest BCUT2D eigenvalue weighted by Crippen LogP contribution is -2.24. The predicted molar refractivity (Wildman–Crippen MR) is 106 cm³/mol. The van der Waals surface area contributed by atoms with E-state index in [2.05, 4.69) is 24.3 Å². The number of methoxy groups -OCH3 is 2. The number of benzene rings is 2. The van der Waals surface area contributed by atoms with Crippen LogP contribution in [0.5, 0.6) is 11.5 Å². The molecule has 2 fully saturated rings. The molecule has 0 aliphatic heterocycles. The molecule has 138 valence electrons. The van der Waals surface area contributed by atoms with Gasteiger partial charge in [0.2, 0.25) is 0 Å². The molecule has 0 amide bonds. The van der Waals surface area contributed by atoms with Crippen LogP contribution in [0.4, 0.5) is 0 Å². The summed E-state index contributed by atoms with van der Waals surface area (Å²) in [6, 6.07) is 16.3. The molecule has 3 aliphatic carbocycles. The Bertz CT molecular complexity index is 906. The first kappa shape index (κ1) is 16.6. The molecular formula is C24H24O3. The van der Waals surface area contributed by atoms with Crippen molar-refractivity contribution in [2.24, 2.45) is 23.7 Å². The van der Waals surface area contributed by atoms with Gasteiger partial charge >= 0.3 is 0 Å². The Morgan fingerprint density at radius 2 is 1.44 bits per heavy atom. The first-order valence-corrected chi connectivity index (χ1v) is 9.78. The first-order valence-electron chi connectivity index (χ1n) is 9.78. The van der Waals surface area contributed by atoms with E-state index in [0.717, 1.165) is 22.6 Å². The Morgan fingerprint density at radius 3 is 2.07 bits per heavy atom. The maximum absolute atomic E-state index is 13.6. The van der Waals surface area contributed by atoms with Crippen LogP contribution in [0.1, 0.15) is 30.4 Å². The average Bonchev–Trinajstić information content (AvgIpc) is 3.40. The molecule has 0 radical (unpaired) electrons. The third-order valence-corrected chi connectivity index (χ3v) is 6.79. The zero-order valence-electron chi connectivity index (χ0n) is 15.8. The van der Waals surface area contributed by atoms with Gasteiger partial charge in [-0.25, -0.2) is 0 Å². The van der Waals surface area contributed by atoms with E-state index >= 15 is 0 Å². The van der Waals surface area contributed by atoms with Crippen LogP contribution in [-0.2, 0) is 4.79 Å². The monoisotopic (exact) mass is 360 g/mol. The molecule has 2 bridgehead atoms. The van der Waals surface area contributed by atoms with E-state index in [4.69, 9.17) is 9.47 Å². The van der Waals surface area contributed by atoms with Crippen molar-refractivity contribution in [3.05, 3.63) is 59.7 Å². The van der Waals surface area contributed by atoms with Crippen molar-refractivity contribution in [3.63, 3.8) is 0 Å². The number of ether oxygens (including phenoxy) is 2. The van der Waals surface area contributed by atoms with E-state index in [1.54, 1.807) is 14.2 Å². The number of allylic oxidation sites excluding steroid dienone is 2. The lowest BCUT2D eigenvalue weighted by atomic mass is 9.77. The zero-order valence-corrected chi connectivity index (χ0v) is 15.8. The maximum Gasteiger partial charge on any atom is 0.167 e. The predicted octanol–water partition coefficient (Wildman–Crippen LogP) is 4.86. The SMILES string of the molecule is COc1cc(OC)cc(C2=C(c3ccccc3)C3C(C2=O)[C@H]2CC[C@@H]3C2)c1. The number of carbonyl (C=O) groups excluding carboxylic acids is 1. The molecule has 3 aliphatic rings. The van der Waals surface area contributed by atoms with Crippen LogP contribution in [0.15, 0.2) is 48.5 Å². The Labute approximate surface area is 160 Å². The van der Waals surface area contributed by atoms with Gasteiger partial charge in [-0.15, -0.1) is 0 Å². The molecule has 2 aromatic rings. The van der Waals surface area contributed by atoms with Crippen molar-refractivity contribution in [3.8, 4) is 11.5 Å². The van der Waals surface area contributed by atoms with Gasteiger partial charge in [0, 0.05) is 17.6 Å². The minimum atomic E-state index is 0.158. The van der Waals surface area contributed by atoms with E-state index < -0.39 is 0 Å². The van der Waals surface area contributed by atoms with Crippen molar-refractivity contribution >= 4 is 16.9 Å². The molecular weight excluding hydrogens is 336 g/mol. The number of hydrogen-bond donors (Lipinski definition) is 0. The summed E-state index contributed by atoms with van der Waals surface area (Å²) in [6.07, 6.45) is 3.67. The standard InChI is InChI=1S/C24H24O3/c1-26-18-11-17(12-19(13-18)27-2)23-20(14-6-4-3-5-7-14)21-15-8-9-16(10-15)22(21)24(23)25/h3-7,11-13,15-16,21-22H,8-10H2,1-2H3/t15-,16+,21?,22?/m1/s1. The van der Waals surface area contributed by atoms with Gasteiger partial charge in [-0.3, -0.25) is 4.79 Å². The van der Waals surface area contributed by atoms with E-state index in [9.17, 15) is 4.79 Å². The number of rotatable bonds is 4. The molecule has 4 atom stereocenters. The summed E-state index contributed by atoms with van der Waals surface area (Å²) in [5.74, 6) is 3.48. The lowest BCUT2D eigenvalue weighted by Gasteiger charge is -2.26. The number of fused-ring (bicyclic) bond motifs is 5. The summed E-state index contributed by atoms with van der Waals surface area (Å²) in [7, 11) is 3.30. The van der Waals surface area contributed by atoms with Crippen LogP contribution >= 0.6 is 0 Å². The van der Waals surface area contributed by atoms with Gasteiger partial charge in [-0.1, -0.05) is 30.3 Å². The molecule has 2 aromatic carbocycles. The Hall–Kier alpha value is -2.55. The topological polar surface area (TPSA) is 35.5 Å². The summed E-state index contributed by atoms with van der Waals surface area (Å²) in [5, 5.41) is 0. The first-order chi connectivity index (χ1) is 13.2. The van der Waals surface area contributed by atoms with Crippen molar-refractivity contribution in [2.45, 2.75) is 19.3 Å². The van der Waals surface area contributed by atoms with Gasteiger partial charge in [-0.2, -0.15) is 0 Å². The minimum Gasteiger partial charge on any atom is -0.497 e. The minimum absolute atomic E-state index is 0.158. The van der Waals surface area contributed by atoms with Crippen LogP contribution in [0.25, 0.3) is 11.1 Å². The Kier molecular flexibility index (Phi) is 3.85. The molecule has 3 nitrogen and oxygen atoms in total. The van der Waals surface area contributed by atoms with Crippen LogP contribution in [0.2, 0.25) is 0 Å². The summed E-state index contributed by atoms with van der Waals surface area (Å²) < 4.78 is 10.9. The van der Waals surface area contributed by atoms with Crippen LogP contribution in [0, 0.1) is 23.7 Å².